The number of hydrogen-bond donors (Lipinski definition) is 2. The molecule has 0 aromatic heterocycles. The summed E-state index contributed by atoms with van der Waals surface area (Å²) in [5.74, 6) is 0.671. The summed E-state index contributed by atoms with van der Waals surface area (Å²) in [6.45, 7) is 0.0995. The Morgan fingerprint density at radius 3 is 2.40 bits per heavy atom. The average molecular weight is 344 g/mol. The third-order valence-corrected chi connectivity index (χ3v) is 3.52. The highest BCUT2D eigenvalue weighted by Crippen LogP contribution is 2.30. The van der Waals surface area contributed by atoms with Crippen LogP contribution in [0, 0.1) is 0 Å². The molecular weight excluding hydrogens is 324 g/mol. The Morgan fingerprint density at radius 2 is 1.76 bits per heavy atom. The molecule has 0 spiro atoms. The van der Waals surface area contributed by atoms with E-state index in [9.17, 15) is 9.90 Å². The van der Waals surface area contributed by atoms with Crippen molar-refractivity contribution in [3.05, 3.63) is 59.2 Å². The van der Waals surface area contributed by atoms with Gasteiger partial charge in [-0.2, -0.15) is 0 Å². The lowest BCUT2D eigenvalue weighted by Gasteiger charge is -2.14. The smallest absolute Gasteiger partial charge is 0.328 e. The number of carbonyl (C=O) groups is 1. The number of aliphatic hydroxyl groups excluding tert-OH is 1. The molecule has 0 fully saturated rings. The van der Waals surface area contributed by atoms with E-state index < -0.39 is 5.97 Å². The van der Waals surface area contributed by atoms with E-state index in [1.807, 2.05) is 0 Å². The fraction of sp³-hybridized carbons (Fsp3) is 0.211. The maximum atomic E-state index is 10.7. The molecule has 0 aliphatic carbocycles. The van der Waals surface area contributed by atoms with Crippen molar-refractivity contribution in [1.29, 1.82) is 0 Å². The lowest BCUT2D eigenvalue weighted by molar-refractivity contribution is -0.131. The van der Waals surface area contributed by atoms with Crippen LogP contribution in [0.4, 0.5) is 0 Å². The standard InChI is InChI=1S/C19H20O6/c1-23-16-6-3-13(5-8-19(21)22)9-15(16)12-25-18-10-14(11-20)4-7-17(18)24-2/h3-10,20H,11-12H2,1-2H3,(H,21,22). The highest BCUT2D eigenvalue weighted by molar-refractivity contribution is 5.85. The van der Waals surface area contributed by atoms with Crippen molar-refractivity contribution < 1.29 is 29.2 Å². The zero-order chi connectivity index (χ0) is 18.2. The van der Waals surface area contributed by atoms with Crippen LogP contribution in [0.3, 0.4) is 0 Å². The van der Waals surface area contributed by atoms with E-state index >= 15 is 0 Å². The Bertz CT molecular complexity index is 767. The average Bonchev–Trinajstić information content (AvgIpc) is 2.64. The second kappa shape index (κ2) is 8.75. The van der Waals surface area contributed by atoms with Crippen molar-refractivity contribution in [3.63, 3.8) is 0 Å². The summed E-state index contributed by atoms with van der Waals surface area (Å²) >= 11 is 0. The molecule has 0 aliphatic heterocycles. The summed E-state index contributed by atoms with van der Waals surface area (Å²) < 4.78 is 16.4. The Balaban J connectivity index is 2.24. The van der Waals surface area contributed by atoms with Gasteiger partial charge in [0.25, 0.3) is 0 Å². The molecule has 0 saturated heterocycles. The van der Waals surface area contributed by atoms with Gasteiger partial charge in [0.2, 0.25) is 0 Å². The van der Waals surface area contributed by atoms with Gasteiger partial charge in [0.15, 0.2) is 11.5 Å². The molecule has 0 aliphatic rings. The van der Waals surface area contributed by atoms with Crippen molar-refractivity contribution >= 4 is 12.0 Å². The van der Waals surface area contributed by atoms with Crippen LogP contribution in [0.5, 0.6) is 17.2 Å². The molecule has 2 aromatic rings. The SMILES string of the molecule is COc1ccc(C=CC(=O)O)cc1COc1cc(CO)ccc1OC. The number of methoxy groups -OCH3 is 2. The molecule has 0 unspecified atom stereocenters. The highest BCUT2D eigenvalue weighted by atomic mass is 16.5. The van der Waals surface area contributed by atoms with Crippen molar-refractivity contribution in [2.75, 3.05) is 14.2 Å². The number of hydrogen-bond acceptors (Lipinski definition) is 5. The van der Waals surface area contributed by atoms with E-state index in [1.165, 1.54) is 6.08 Å². The predicted octanol–water partition coefficient (Wildman–Crippen LogP) is 2.87. The Kier molecular flexibility index (Phi) is 6.42. The summed E-state index contributed by atoms with van der Waals surface area (Å²) in [6.07, 6.45) is 2.57. The summed E-state index contributed by atoms with van der Waals surface area (Å²) in [7, 11) is 3.09. The number of ether oxygens (including phenoxy) is 3. The molecule has 0 bridgehead atoms. The Hall–Kier alpha value is -2.99. The predicted molar refractivity (Wildman–Crippen MR) is 92.9 cm³/mol. The van der Waals surface area contributed by atoms with Crippen LogP contribution >= 0.6 is 0 Å². The normalized spacial score (nSPS) is 10.7. The molecule has 6 heteroatoms. The van der Waals surface area contributed by atoms with E-state index in [4.69, 9.17) is 19.3 Å². The van der Waals surface area contributed by atoms with Crippen LogP contribution in [0.1, 0.15) is 16.7 Å². The second-order valence-corrected chi connectivity index (χ2v) is 5.17. The molecule has 2 rings (SSSR count). The number of rotatable bonds is 8. The van der Waals surface area contributed by atoms with Crippen molar-refractivity contribution in [3.8, 4) is 17.2 Å². The van der Waals surface area contributed by atoms with Crippen LogP contribution in [0.25, 0.3) is 6.08 Å². The van der Waals surface area contributed by atoms with Crippen LogP contribution < -0.4 is 14.2 Å². The monoisotopic (exact) mass is 344 g/mol. The molecule has 0 amide bonds. The van der Waals surface area contributed by atoms with Crippen LogP contribution in [0.2, 0.25) is 0 Å². The highest BCUT2D eigenvalue weighted by Gasteiger charge is 2.09. The molecule has 132 valence electrons. The van der Waals surface area contributed by atoms with Gasteiger partial charge in [0.1, 0.15) is 12.4 Å². The molecule has 2 aromatic carbocycles. The van der Waals surface area contributed by atoms with E-state index in [0.717, 1.165) is 17.2 Å². The molecule has 0 atom stereocenters. The number of carboxylic acids is 1. The first-order valence-electron chi connectivity index (χ1n) is 7.56. The van der Waals surface area contributed by atoms with E-state index in [0.29, 0.717) is 22.8 Å². The fourth-order valence-corrected chi connectivity index (χ4v) is 2.27. The molecule has 25 heavy (non-hydrogen) atoms. The van der Waals surface area contributed by atoms with Crippen molar-refractivity contribution in [2.24, 2.45) is 0 Å². The summed E-state index contributed by atoms with van der Waals surface area (Å²) in [6, 6.07) is 10.5. The third kappa shape index (κ3) is 4.99. The first kappa shape index (κ1) is 18.4. The molecular formula is C19H20O6. The van der Waals surface area contributed by atoms with Gasteiger partial charge in [-0.15, -0.1) is 0 Å². The van der Waals surface area contributed by atoms with Crippen LogP contribution in [-0.2, 0) is 18.0 Å². The Morgan fingerprint density at radius 1 is 1.04 bits per heavy atom. The third-order valence-electron chi connectivity index (χ3n) is 3.52. The van der Waals surface area contributed by atoms with Gasteiger partial charge in [0, 0.05) is 11.6 Å². The van der Waals surface area contributed by atoms with Crippen molar-refractivity contribution in [1.82, 2.24) is 0 Å². The van der Waals surface area contributed by atoms with Crippen LogP contribution in [0.15, 0.2) is 42.5 Å². The van der Waals surface area contributed by atoms with E-state index in [1.54, 1.807) is 50.6 Å². The zero-order valence-electron chi connectivity index (χ0n) is 14.1. The minimum Gasteiger partial charge on any atom is -0.496 e. The van der Waals surface area contributed by atoms with Gasteiger partial charge in [-0.3, -0.25) is 0 Å². The lowest BCUT2D eigenvalue weighted by atomic mass is 10.1. The summed E-state index contributed by atoms with van der Waals surface area (Å²) in [5, 5.41) is 18.0. The molecule has 0 saturated carbocycles. The lowest BCUT2D eigenvalue weighted by Crippen LogP contribution is -2.01. The largest absolute Gasteiger partial charge is 0.496 e. The summed E-state index contributed by atoms with van der Waals surface area (Å²) in [4.78, 5) is 10.7. The maximum Gasteiger partial charge on any atom is 0.328 e. The molecule has 6 nitrogen and oxygen atoms in total. The minimum absolute atomic E-state index is 0.0981. The topological polar surface area (TPSA) is 85.2 Å². The number of benzene rings is 2. The first-order valence-corrected chi connectivity index (χ1v) is 7.56. The van der Waals surface area contributed by atoms with Gasteiger partial charge < -0.3 is 24.4 Å². The van der Waals surface area contributed by atoms with Gasteiger partial charge in [0.05, 0.1) is 20.8 Å². The second-order valence-electron chi connectivity index (χ2n) is 5.17. The number of aliphatic hydroxyl groups is 1. The quantitative estimate of drug-likeness (QED) is 0.716. The first-order chi connectivity index (χ1) is 12.1. The summed E-state index contributed by atoms with van der Waals surface area (Å²) in [5.41, 5.74) is 2.19. The zero-order valence-corrected chi connectivity index (χ0v) is 14.1. The number of aliphatic carboxylic acids is 1. The molecule has 2 N–H and O–H groups in total. The van der Waals surface area contributed by atoms with Gasteiger partial charge >= 0.3 is 5.97 Å². The van der Waals surface area contributed by atoms with Gasteiger partial charge in [-0.1, -0.05) is 12.1 Å². The molecule has 0 heterocycles. The van der Waals surface area contributed by atoms with E-state index in [-0.39, 0.29) is 13.2 Å². The maximum absolute atomic E-state index is 10.7. The Labute approximate surface area is 145 Å². The van der Waals surface area contributed by atoms with Crippen molar-refractivity contribution in [2.45, 2.75) is 13.2 Å². The number of carboxylic acid groups (broad SMARTS) is 1. The fourth-order valence-electron chi connectivity index (χ4n) is 2.27. The van der Waals surface area contributed by atoms with Gasteiger partial charge in [-0.05, 0) is 41.5 Å². The molecule has 0 radical (unpaired) electrons. The van der Waals surface area contributed by atoms with E-state index in [2.05, 4.69) is 0 Å². The van der Waals surface area contributed by atoms with Gasteiger partial charge in [-0.25, -0.2) is 4.79 Å². The minimum atomic E-state index is -1.01. The van der Waals surface area contributed by atoms with Crippen LogP contribution in [-0.4, -0.2) is 30.4 Å².